The van der Waals surface area contributed by atoms with Crippen LogP contribution >= 0.6 is 0 Å². The van der Waals surface area contributed by atoms with Crippen LogP contribution in [0.3, 0.4) is 0 Å². The Morgan fingerprint density at radius 2 is 1.78 bits per heavy atom. The molecule has 1 aliphatic heterocycles. The monoisotopic (exact) mass is 318 g/mol. The van der Waals surface area contributed by atoms with Crippen molar-refractivity contribution >= 4 is 17.3 Å². The first-order valence-electron chi connectivity index (χ1n) is 8.35. The molecule has 2 bridgehead atoms. The Balaban J connectivity index is 1.51. The van der Waals surface area contributed by atoms with Gasteiger partial charge in [-0.25, -0.2) is 8.78 Å². The molecule has 3 aliphatic rings. The summed E-state index contributed by atoms with van der Waals surface area (Å²) in [5.74, 6) is -0.644. The number of benzene rings is 1. The highest BCUT2D eigenvalue weighted by molar-refractivity contribution is 5.93. The molecule has 1 aromatic rings. The summed E-state index contributed by atoms with van der Waals surface area (Å²) >= 11 is 0. The van der Waals surface area contributed by atoms with Crippen molar-refractivity contribution in [1.82, 2.24) is 0 Å². The molecule has 1 aromatic carbocycles. The van der Waals surface area contributed by atoms with Gasteiger partial charge in [0.1, 0.15) is 5.69 Å². The van der Waals surface area contributed by atoms with Crippen molar-refractivity contribution in [2.24, 2.45) is 17.8 Å². The van der Waals surface area contributed by atoms with E-state index in [4.69, 9.17) is 0 Å². The summed E-state index contributed by atoms with van der Waals surface area (Å²) in [6.45, 7) is 1.36. The van der Waals surface area contributed by atoms with Gasteiger partial charge in [0.05, 0.1) is 0 Å². The molecule has 0 spiro atoms. The second-order valence-electron chi connectivity index (χ2n) is 6.86. The van der Waals surface area contributed by atoms with Crippen LogP contribution in [0.5, 0.6) is 0 Å². The van der Waals surface area contributed by atoms with Crippen LogP contribution in [-0.4, -0.2) is 19.0 Å². The molecule has 4 rings (SSSR count). The summed E-state index contributed by atoms with van der Waals surface area (Å²) < 4.78 is 28.6. The van der Waals surface area contributed by atoms with Crippen molar-refractivity contribution in [3.8, 4) is 0 Å². The molecule has 3 nitrogen and oxygen atoms in total. The predicted molar refractivity (Wildman–Crippen MR) is 85.3 cm³/mol. The maximum Gasteiger partial charge on any atom is 0.228 e. The molecule has 0 radical (unpaired) electrons. The highest BCUT2D eigenvalue weighted by Gasteiger charge is 2.39. The Labute approximate surface area is 134 Å². The van der Waals surface area contributed by atoms with Gasteiger partial charge in [-0.05, 0) is 49.7 Å². The summed E-state index contributed by atoms with van der Waals surface area (Å²) in [6.07, 6.45) is 8.03. The van der Waals surface area contributed by atoms with Gasteiger partial charge in [0.25, 0.3) is 0 Å². The van der Waals surface area contributed by atoms with Gasteiger partial charge in [-0.15, -0.1) is 0 Å². The van der Waals surface area contributed by atoms with Crippen LogP contribution in [0.25, 0.3) is 0 Å². The third-order valence-electron chi connectivity index (χ3n) is 5.32. The lowest BCUT2D eigenvalue weighted by atomic mass is 9.93. The largest absolute Gasteiger partial charge is 0.367 e. The van der Waals surface area contributed by atoms with Crippen molar-refractivity contribution in [2.45, 2.75) is 25.7 Å². The molecule has 2 fully saturated rings. The molecule has 1 heterocycles. The minimum atomic E-state index is -0.602. The van der Waals surface area contributed by atoms with E-state index in [9.17, 15) is 13.6 Å². The molecule has 3 atom stereocenters. The van der Waals surface area contributed by atoms with Crippen molar-refractivity contribution in [3.05, 3.63) is 35.9 Å². The van der Waals surface area contributed by atoms with E-state index in [1.807, 2.05) is 0 Å². The number of hydrogen-bond donors (Lipinski definition) is 1. The van der Waals surface area contributed by atoms with Crippen molar-refractivity contribution in [1.29, 1.82) is 0 Å². The summed E-state index contributed by atoms with van der Waals surface area (Å²) in [5.41, 5.74) is 0.239. The number of nitrogens with one attached hydrogen (secondary N) is 1. The van der Waals surface area contributed by atoms with Crippen LogP contribution in [0.2, 0.25) is 0 Å². The number of halogens is 2. The Kier molecular flexibility index (Phi) is 3.58. The molecule has 1 N–H and O–H groups in total. The lowest BCUT2D eigenvalue weighted by molar-refractivity contribution is -0.120. The van der Waals surface area contributed by atoms with Crippen LogP contribution in [-0.2, 0) is 4.79 Å². The molecule has 5 heteroatoms. The second kappa shape index (κ2) is 5.62. The fourth-order valence-electron chi connectivity index (χ4n) is 4.20. The summed E-state index contributed by atoms with van der Waals surface area (Å²) in [5, 5.41) is 2.70. The van der Waals surface area contributed by atoms with Gasteiger partial charge in [-0.2, -0.15) is 0 Å². The van der Waals surface area contributed by atoms with Gasteiger partial charge >= 0.3 is 0 Å². The smallest absolute Gasteiger partial charge is 0.228 e. The van der Waals surface area contributed by atoms with Crippen LogP contribution in [0.4, 0.5) is 20.2 Å². The SMILES string of the molecule is O=C(Nc1cc(F)c(N2CCCC2)c(F)c1)[C@@H]1C[C@H]2C=C[C@H]1C2. The quantitative estimate of drug-likeness (QED) is 0.862. The number of hydrogen-bond acceptors (Lipinski definition) is 2. The molecule has 1 amide bonds. The number of carbonyl (C=O) groups excluding carboxylic acids is 1. The fourth-order valence-corrected chi connectivity index (χ4v) is 4.20. The lowest BCUT2D eigenvalue weighted by Crippen LogP contribution is -2.26. The van der Waals surface area contributed by atoms with Crippen molar-refractivity contribution in [3.63, 3.8) is 0 Å². The number of allylic oxidation sites excluding steroid dienone is 2. The maximum atomic E-state index is 14.3. The van der Waals surface area contributed by atoms with Crippen molar-refractivity contribution in [2.75, 3.05) is 23.3 Å². The van der Waals surface area contributed by atoms with E-state index in [0.29, 0.717) is 19.0 Å². The minimum Gasteiger partial charge on any atom is -0.367 e. The van der Waals surface area contributed by atoms with Crippen molar-refractivity contribution < 1.29 is 13.6 Å². The van der Waals surface area contributed by atoms with Gasteiger partial charge in [-0.1, -0.05) is 12.2 Å². The molecule has 122 valence electrons. The van der Waals surface area contributed by atoms with Crippen LogP contribution in [0, 0.1) is 29.4 Å². The number of amides is 1. The molecular weight excluding hydrogens is 298 g/mol. The third kappa shape index (κ3) is 2.62. The normalized spacial score (nSPS) is 28.6. The molecule has 1 saturated heterocycles. The van der Waals surface area contributed by atoms with Gasteiger partial charge in [-0.3, -0.25) is 4.79 Å². The Hall–Kier alpha value is -1.91. The first-order valence-corrected chi connectivity index (χ1v) is 8.35. The van der Waals surface area contributed by atoms with Gasteiger partial charge in [0, 0.05) is 24.7 Å². The topological polar surface area (TPSA) is 32.3 Å². The molecule has 23 heavy (non-hydrogen) atoms. The first kappa shape index (κ1) is 14.7. The zero-order valence-electron chi connectivity index (χ0n) is 12.9. The highest BCUT2D eigenvalue weighted by Crippen LogP contribution is 2.44. The number of anilines is 2. The highest BCUT2D eigenvalue weighted by atomic mass is 19.1. The van der Waals surface area contributed by atoms with Gasteiger partial charge in [0.15, 0.2) is 11.6 Å². The van der Waals surface area contributed by atoms with E-state index in [1.54, 1.807) is 4.90 Å². The molecule has 2 aliphatic carbocycles. The van der Waals surface area contributed by atoms with Gasteiger partial charge in [0.2, 0.25) is 5.91 Å². The number of fused-ring (bicyclic) bond motifs is 2. The first-order chi connectivity index (χ1) is 11.1. The van der Waals surface area contributed by atoms with Crippen LogP contribution < -0.4 is 10.2 Å². The number of carbonyl (C=O) groups is 1. The van der Waals surface area contributed by atoms with E-state index in [2.05, 4.69) is 17.5 Å². The standard InChI is InChI=1S/C18H20F2N2O/c19-15-9-13(10-16(20)17(15)22-5-1-2-6-22)21-18(23)14-8-11-3-4-12(14)7-11/h3-4,9-12,14H,1-2,5-8H2,(H,21,23)/t11-,12-,14+/m0/s1. The van der Waals surface area contributed by atoms with Gasteiger partial charge < -0.3 is 10.2 Å². The second-order valence-corrected chi connectivity index (χ2v) is 6.86. The predicted octanol–water partition coefficient (Wildman–Crippen LogP) is 3.72. The number of rotatable bonds is 3. The van der Waals surface area contributed by atoms with E-state index >= 15 is 0 Å². The average Bonchev–Trinajstić information content (AvgIpc) is 3.24. The minimum absolute atomic E-state index is 0.0309. The molecule has 0 unspecified atom stereocenters. The van der Waals surface area contributed by atoms with Crippen LogP contribution in [0.1, 0.15) is 25.7 Å². The molecule has 0 aromatic heterocycles. The Bertz CT molecular complexity index is 644. The number of nitrogens with zero attached hydrogens (tertiary/aromatic N) is 1. The van der Waals surface area contributed by atoms with Crippen LogP contribution in [0.15, 0.2) is 24.3 Å². The maximum absolute atomic E-state index is 14.3. The molecular formula is C18H20F2N2O. The van der Waals surface area contributed by atoms with E-state index in [1.165, 1.54) is 12.1 Å². The molecule has 1 saturated carbocycles. The third-order valence-corrected chi connectivity index (χ3v) is 5.32. The lowest BCUT2D eigenvalue weighted by Gasteiger charge is -2.21. The summed E-state index contributed by atoms with van der Waals surface area (Å²) in [6, 6.07) is 2.47. The Morgan fingerprint density at radius 3 is 2.35 bits per heavy atom. The zero-order valence-corrected chi connectivity index (χ0v) is 12.9. The van der Waals surface area contributed by atoms with E-state index in [0.717, 1.165) is 25.7 Å². The fraction of sp³-hybridized carbons (Fsp3) is 0.500. The summed E-state index contributed by atoms with van der Waals surface area (Å²) in [4.78, 5) is 14.1. The Morgan fingerprint density at radius 1 is 1.09 bits per heavy atom. The summed E-state index contributed by atoms with van der Waals surface area (Å²) in [7, 11) is 0. The van der Waals surface area contributed by atoms with E-state index < -0.39 is 11.6 Å². The van der Waals surface area contributed by atoms with E-state index in [-0.39, 0.29) is 29.1 Å². The average molecular weight is 318 g/mol. The zero-order chi connectivity index (χ0) is 16.0.